The molecule has 2 atom stereocenters. The first-order valence-corrected chi connectivity index (χ1v) is 7.10. The number of pyridine rings is 1. The highest BCUT2D eigenvalue weighted by atomic mass is 32.2. The van der Waals surface area contributed by atoms with E-state index >= 15 is 0 Å². The summed E-state index contributed by atoms with van der Waals surface area (Å²) in [4.78, 5) is 4.16. The number of nitrogens with one attached hydrogen (secondary N) is 1. The van der Waals surface area contributed by atoms with Crippen LogP contribution in [0, 0.1) is 0 Å². The third-order valence-corrected chi connectivity index (χ3v) is 3.88. The molecular weight excluding hydrogens is 234 g/mol. The Bertz CT molecular complexity index is 355. The second kappa shape index (κ2) is 6.23. The Labute approximate surface area is 106 Å². The molecule has 1 saturated heterocycles. The zero-order valence-electron chi connectivity index (χ0n) is 10.1. The average Bonchev–Trinajstić information content (AvgIpc) is 2.38. The molecule has 1 aliphatic rings. The lowest BCUT2D eigenvalue weighted by Crippen LogP contribution is -2.38. The Morgan fingerprint density at radius 2 is 2.59 bits per heavy atom. The molecule has 4 nitrogen and oxygen atoms in total. The smallest absolute Gasteiger partial charge is 0.0861 e. The summed E-state index contributed by atoms with van der Waals surface area (Å²) in [6.07, 6.45) is 3.74. The van der Waals surface area contributed by atoms with Gasteiger partial charge in [-0.1, -0.05) is 6.92 Å². The summed E-state index contributed by atoms with van der Waals surface area (Å²) in [7, 11) is 0. The van der Waals surface area contributed by atoms with E-state index in [1.165, 1.54) is 0 Å². The molecule has 0 spiro atoms. The molecule has 5 heteroatoms. The topological polar surface area (TPSA) is 60.2 Å². The summed E-state index contributed by atoms with van der Waals surface area (Å²) in [5, 5.41) is 3.45. The molecule has 1 aliphatic heterocycles. The summed E-state index contributed by atoms with van der Waals surface area (Å²) in [6.45, 7) is 3.80. The van der Waals surface area contributed by atoms with Crippen molar-refractivity contribution in [2.24, 2.45) is 0 Å². The number of rotatable bonds is 4. The second-order valence-corrected chi connectivity index (χ2v) is 5.17. The first-order chi connectivity index (χ1) is 8.33. The van der Waals surface area contributed by atoms with Crippen LogP contribution in [-0.4, -0.2) is 35.7 Å². The van der Waals surface area contributed by atoms with Crippen molar-refractivity contribution in [3.8, 4) is 0 Å². The highest BCUT2D eigenvalue weighted by molar-refractivity contribution is 7.99. The Morgan fingerprint density at radius 1 is 1.71 bits per heavy atom. The van der Waals surface area contributed by atoms with E-state index in [0.29, 0.717) is 0 Å². The van der Waals surface area contributed by atoms with Crippen LogP contribution in [0.25, 0.3) is 0 Å². The standard InChI is InChI=1S/C12H19N3OS/c1-2-15-12(11-8-17-6-5-16-11)9-7-14-4-3-10(9)13/h3-4,7,11-12,15H,2,5-6,8H2,1H3,(H2,13,14). The molecule has 0 aliphatic carbocycles. The monoisotopic (exact) mass is 253 g/mol. The summed E-state index contributed by atoms with van der Waals surface area (Å²) in [5.74, 6) is 2.09. The van der Waals surface area contributed by atoms with Crippen molar-refractivity contribution < 1.29 is 4.74 Å². The first kappa shape index (κ1) is 12.7. The molecule has 17 heavy (non-hydrogen) atoms. The minimum absolute atomic E-state index is 0.140. The number of likely N-dealkylation sites (N-methyl/N-ethyl adjacent to an activating group) is 1. The number of nitrogen functional groups attached to an aromatic ring is 1. The molecule has 1 aromatic rings. The molecule has 0 bridgehead atoms. The predicted molar refractivity (Wildman–Crippen MR) is 72.1 cm³/mol. The van der Waals surface area contributed by atoms with Crippen molar-refractivity contribution in [3.63, 3.8) is 0 Å². The van der Waals surface area contributed by atoms with Crippen molar-refractivity contribution in [2.45, 2.75) is 19.1 Å². The van der Waals surface area contributed by atoms with Crippen LogP contribution in [0.15, 0.2) is 18.5 Å². The van der Waals surface area contributed by atoms with Crippen molar-refractivity contribution in [2.75, 3.05) is 30.4 Å². The minimum atomic E-state index is 0.140. The van der Waals surface area contributed by atoms with Gasteiger partial charge in [0.25, 0.3) is 0 Å². The minimum Gasteiger partial charge on any atom is -0.398 e. The van der Waals surface area contributed by atoms with Gasteiger partial charge in [0.1, 0.15) is 0 Å². The molecular formula is C12H19N3OS. The van der Waals surface area contributed by atoms with Gasteiger partial charge in [-0.25, -0.2) is 0 Å². The Kier molecular flexibility index (Phi) is 4.65. The van der Waals surface area contributed by atoms with Gasteiger partial charge in [0, 0.05) is 35.2 Å². The van der Waals surface area contributed by atoms with E-state index in [0.717, 1.165) is 35.9 Å². The Balaban J connectivity index is 2.18. The van der Waals surface area contributed by atoms with Gasteiger partial charge in [-0.2, -0.15) is 11.8 Å². The third-order valence-electron chi connectivity index (χ3n) is 2.86. The molecule has 0 radical (unpaired) electrons. The van der Waals surface area contributed by atoms with E-state index in [1.807, 2.05) is 24.0 Å². The molecule has 1 aromatic heterocycles. The van der Waals surface area contributed by atoms with Crippen LogP contribution < -0.4 is 11.1 Å². The average molecular weight is 253 g/mol. The number of aromatic nitrogens is 1. The van der Waals surface area contributed by atoms with Crippen molar-refractivity contribution >= 4 is 17.4 Å². The summed E-state index contributed by atoms with van der Waals surface area (Å²) >= 11 is 1.93. The van der Waals surface area contributed by atoms with Crippen LogP contribution in [-0.2, 0) is 4.74 Å². The lowest BCUT2D eigenvalue weighted by Gasteiger charge is -2.31. The Morgan fingerprint density at radius 3 is 3.24 bits per heavy atom. The normalized spacial score (nSPS) is 22.3. The van der Waals surface area contributed by atoms with Crippen LogP contribution >= 0.6 is 11.8 Å². The highest BCUT2D eigenvalue weighted by Crippen LogP contribution is 2.28. The maximum Gasteiger partial charge on any atom is 0.0861 e. The largest absolute Gasteiger partial charge is 0.398 e. The fourth-order valence-electron chi connectivity index (χ4n) is 2.04. The summed E-state index contributed by atoms with van der Waals surface area (Å²) < 4.78 is 5.84. The summed E-state index contributed by atoms with van der Waals surface area (Å²) in [5.41, 5.74) is 7.84. The molecule has 3 N–H and O–H groups in total. The van der Waals surface area contributed by atoms with Crippen molar-refractivity contribution in [3.05, 3.63) is 24.0 Å². The third kappa shape index (κ3) is 3.12. The first-order valence-electron chi connectivity index (χ1n) is 5.95. The molecule has 94 valence electrons. The number of ether oxygens (including phenoxy) is 1. The van der Waals surface area contributed by atoms with E-state index in [2.05, 4.69) is 17.2 Å². The number of hydrogen-bond acceptors (Lipinski definition) is 5. The van der Waals surface area contributed by atoms with Gasteiger partial charge in [-0.15, -0.1) is 0 Å². The van der Waals surface area contributed by atoms with Crippen LogP contribution in [0.4, 0.5) is 5.69 Å². The van der Waals surface area contributed by atoms with Crippen LogP contribution in [0.5, 0.6) is 0 Å². The molecule has 0 saturated carbocycles. The van der Waals surface area contributed by atoms with Gasteiger partial charge >= 0.3 is 0 Å². The second-order valence-electron chi connectivity index (χ2n) is 4.02. The molecule has 0 aromatic carbocycles. The number of nitrogens with two attached hydrogens (primary N) is 1. The molecule has 2 unspecified atom stereocenters. The van der Waals surface area contributed by atoms with Gasteiger partial charge in [0.05, 0.1) is 18.8 Å². The number of hydrogen-bond donors (Lipinski definition) is 2. The molecule has 2 rings (SSSR count). The summed E-state index contributed by atoms with van der Waals surface area (Å²) in [6, 6.07) is 1.98. The zero-order chi connectivity index (χ0) is 12.1. The van der Waals surface area contributed by atoms with Crippen molar-refractivity contribution in [1.82, 2.24) is 10.3 Å². The van der Waals surface area contributed by atoms with E-state index in [4.69, 9.17) is 10.5 Å². The molecule has 2 heterocycles. The number of nitrogens with zero attached hydrogens (tertiary/aromatic N) is 1. The fraction of sp³-hybridized carbons (Fsp3) is 0.583. The lowest BCUT2D eigenvalue weighted by molar-refractivity contribution is 0.0473. The van der Waals surface area contributed by atoms with Crippen LogP contribution in [0.1, 0.15) is 18.5 Å². The maximum absolute atomic E-state index is 6.02. The van der Waals surface area contributed by atoms with Gasteiger partial charge in [0.2, 0.25) is 0 Å². The SMILES string of the molecule is CCNC(c1cnccc1N)C1CSCCO1. The van der Waals surface area contributed by atoms with E-state index in [-0.39, 0.29) is 12.1 Å². The fourth-order valence-corrected chi connectivity index (χ4v) is 2.94. The molecule has 0 amide bonds. The highest BCUT2D eigenvalue weighted by Gasteiger charge is 2.27. The van der Waals surface area contributed by atoms with E-state index < -0.39 is 0 Å². The van der Waals surface area contributed by atoms with E-state index in [9.17, 15) is 0 Å². The predicted octanol–water partition coefficient (Wildman–Crippen LogP) is 1.45. The Hall–Kier alpha value is -0.780. The zero-order valence-corrected chi connectivity index (χ0v) is 10.9. The van der Waals surface area contributed by atoms with Gasteiger partial charge in [-0.3, -0.25) is 4.98 Å². The lowest BCUT2D eigenvalue weighted by atomic mass is 10.0. The molecule has 1 fully saturated rings. The van der Waals surface area contributed by atoms with E-state index in [1.54, 1.807) is 6.20 Å². The number of anilines is 1. The van der Waals surface area contributed by atoms with Gasteiger partial charge in [0.15, 0.2) is 0 Å². The van der Waals surface area contributed by atoms with Crippen LogP contribution in [0.3, 0.4) is 0 Å². The van der Waals surface area contributed by atoms with Gasteiger partial charge in [-0.05, 0) is 12.6 Å². The maximum atomic E-state index is 6.02. The van der Waals surface area contributed by atoms with Crippen molar-refractivity contribution in [1.29, 1.82) is 0 Å². The van der Waals surface area contributed by atoms with Gasteiger partial charge < -0.3 is 15.8 Å². The number of thioether (sulfide) groups is 1. The quantitative estimate of drug-likeness (QED) is 0.850. The van der Waals surface area contributed by atoms with Crippen LogP contribution in [0.2, 0.25) is 0 Å².